The smallest absolute Gasteiger partial charge is 0.265 e. The van der Waals surface area contributed by atoms with E-state index in [1.807, 2.05) is 0 Å². The maximum absolute atomic E-state index is 12.0. The molecule has 1 aliphatic carbocycles. The van der Waals surface area contributed by atoms with E-state index in [4.69, 9.17) is 9.55 Å². The van der Waals surface area contributed by atoms with Crippen LogP contribution in [-0.4, -0.2) is 14.1 Å². The third-order valence-electron chi connectivity index (χ3n) is 3.53. The summed E-state index contributed by atoms with van der Waals surface area (Å²) in [5.41, 5.74) is 0.717. The lowest BCUT2D eigenvalue weighted by Gasteiger charge is -2.14. The van der Waals surface area contributed by atoms with E-state index in [0.717, 1.165) is 31.4 Å². The molecule has 0 spiro atoms. The highest BCUT2D eigenvalue weighted by Crippen LogP contribution is 2.21. The summed E-state index contributed by atoms with van der Waals surface area (Å²) in [6.07, 6.45) is 4.83. The van der Waals surface area contributed by atoms with E-state index in [0.29, 0.717) is 12.8 Å². The average Bonchev–Trinajstić information content (AvgIpc) is 2.48. The van der Waals surface area contributed by atoms with Gasteiger partial charge in [0.1, 0.15) is 4.90 Å². The van der Waals surface area contributed by atoms with E-state index in [1.54, 1.807) is 18.2 Å². The summed E-state index contributed by atoms with van der Waals surface area (Å²) in [5, 5.41) is 12.8. The average molecular weight is 306 g/mol. The van der Waals surface area contributed by atoms with Crippen LogP contribution in [0.3, 0.4) is 0 Å². The van der Waals surface area contributed by atoms with E-state index in [2.05, 4.69) is 11.2 Å². The molecule has 6 heteroatoms. The maximum atomic E-state index is 12.0. The fourth-order valence-corrected chi connectivity index (χ4v) is 3.06. The zero-order valence-corrected chi connectivity index (χ0v) is 12.6. The molecule has 2 rings (SSSR count). The van der Waals surface area contributed by atoms with Crippen molar-refractivity contribution in [1.29, 1.82) is 5.26 Å². The summed E-state index contributed by atoms with van der Waals surface area (Å²) in [4.78, 5) is 0.0927. The highest BCUT2D eigenvalue weighted by molar-refractivity contribution is 7.86. The largest absolute Gasteiger partial charge is 0.358 e. The van der Waals surface area contributed by atoms with E-state index >= 15 is 0 Å². The second kappa shape index (κ2) is 7.23. The van der Waals surface area contributed by atoms with Gasteiger partial charge in [-0.15, -0.1) is 0 Å². The van der Waals surface area contributed by atoms with Gasteiger partial charge in [0.25, 0.3) is 0 Å². The van der Waals surface area contributed by atoms with E-state index in [9.17, 15) is 8.42 Å². The molecule has 0 aromatic heterocycles. The van der Waals surface area contributed by atoms with Crippen LogP contribution in [0, 0.1) is 17.2 Å². The first-order valence-corrected chi connectivity index (χ1v) is 8.47. The van der Waals surface area contributed by atoms with Crippen molar-refractivity contribution in [3.05, 3.63) is 30.3 Å². The van der Waals surface area contributed by atoms with Crippen molar-refractivity contribution < 1.29 is 12.7 Å². The first-order valence-electron chi connectivity index (χ1n) is 7.06. The van der Waals surface area contributed by atoms with E-state index in [-0.39, 0.29) is 10.8 Å². The molecule has 21 heavy (non-hydrogen) atoms. The minimum Gasteiger partial charge on any atom is -0.265 e. The van der Waals surface area contributed by atoms with E-state index < -0.39 is 10.1 Å². The van der Waals surface area contributed by atoms with Crippen LogP contribution < -0.4 is 0 Å². The molecule has 0 radical (unpaired) electrons. The zero-order chi connectivity index (χ0) is 15.1. The fraction of sp³-hybridized carbons (Fsp3) is 0.467. The minimum absolute atomic E-state index is 0.0289. The molecule has 1 aromatic carbocycles. The number of nitriles is 1. The molecule has 1 atom stereocenters. The Hall–Kier alpha value is -1.87. The molecule has 0 aliphatic heterocycles. The Kier molecular flexibility index (Phi) is 5.34. The molecule has 0 N–H and O–H groups in total. The standard InChI is InChI=1S/C15H18N2O3S/c16-12-13-6-4-5-7-14(11-10-13)17-20-21(18,19)15-8-2-1-3-9-15/h1-3,8-9,13H,4-7,10-11H2/b17-14-. The van der Waals surface area contributed by atoms with Crippen molar-refractivity contribution in [1.82, 2.24) is 0 Å². The number of rotatable bonds is 3. The van der Waals surface area contributed by atoms with Crippen molar-refractivity contribution in [3.63, 3.8) is 0 Å². The van der Waals surface area contributed by atoms with Crippen molar-refractivity contribution in [3.8, 4) is 6.07 Å². The fourth-order valence-electron chi connectivity index (χ4n) is 2.28. The zero-order valence-electron chi connectivity index (χ0n) is 11.7. The molecule has 1 unspecified atom stereocenters. The number of nitrogens with zero attached hydrogens (tertiary/aromatic N) is 2. The Morgan fingerprint density at radius 3 is 2.62 bits per heavy atom. The van der Waals surface area contributed by atoms with Gasteiger partial charge in [-0.05, 0) is 44.2 Å². The van der Waals surface area contributed by atoms with Gasteiger partial charge >= 0.3 is 10.1 Å². The van der Waals surface area contributed by atoms with Gasteiger partial charge in [-0.25, -0.2) is 0 Å². The van der Waals surface area contributed by atoms with Crippen molar-refractivity contribution in [2.75, 3.05) is 0 Å². The summed E-state index contributed by atoms with van der Waals surface area (Å²) in [7, 11) is -3.85. The first-order chi connectivity index (χ1) is 10.1. The molecular formula is C15H18N2O3S. The van der Waals surface area contributed by atoms with Crippen molar-refractivity contribution in [2.45, 2.75) is 43.4 Å². The molecule has 1 aliphatic rings. The molecule has 5 nitrogen and oxygen atoms in total. The van der Waals surface area contributed by atoms with Crippen LogP contribution in [0.5, 0.6) is 0 Å². The predicted molar refractivity (Wildman–Crippen MR) is 79.0 cm³/mol. The van der Waals surface area contributed by atoms with Gasteiger partial charge in [-0.3, -0.25) is 4.28 Å². The molecular weight excluding hydrogens is 288 g/mol. The summed E-state index contributed by atoms with van der Waals surface area (Å²) >= 11 is 0. The lowest BCUT2D eigenvalue weighted by atomic mass is 9.91. The van der Waals surface area contributed by atoms with Crippen LogP contribution in [0.15, 0.2) is 40.4 Å². The first kappa shape index (κ1) is 15.5. The third-order valence-corrected chi connectivity index (χ3v) is 4.65. The molecule has 1 aromatic rings. The third kappa shape index (κ3) is 4.57. The van der Waals surface area contributed by atoms with Crippen LogP contribution in [0.25, 0.3) is 0 Å². The van der Waals surface area contributed by atoms with Crippen LogP contribution >= 0.6 is 0 Å². The Morgan fingerprint density at radius 2 is 1.90 bits per heavy atom. The van der Waals surface area contributed by atoms with Crippen LogP contribution in [0.1, 0.15) is 38.5 Å². The second-order valence-electron chi connectivity index (χ2n) is 5.11. The van der Waals surface area contributed by atoms with Gasteiger partial charge in [0.15, 0.2) is 0 Å². The summed E-state index contributed by atoms with van der Waals surface area (Å²) in [5.74, 6) is 0.0289. The Balaban J connectivity index is 2.04. The highest BCUT2D eigenvalue weighted by atomic mass is 32.2. The SMILES string of the molecule is N#CC1CCCC/C(=N/OS(=O)(=O)c2ccccc2)CC1. The monoisotopic (exact) mass is 306 g/mol. The number of hydrogen-bond acceptors (Lipinski definition) is 5. The molecule has 0 amide bonds. The number of benzene rings is 1. The number of oxime groups is 1. The molecule has 112 valence electrons. The summed E-state index contributed by atoms with van der Waals surface area (Å²) in [6, 6.07) is 10.2. The predicted octanol–water partition coefficient (Wildman–Crippen LogP) is 3.24. The van der Waals surface area contributed by atoms with Gasteiger partial charge in [0, 0.05) is 5.92 Å². The quantitative estimate of drug-likeness (QED) is 0.803. The number of hydrogen-bond donors (Lipinski definition) is 0. The normalized spacial score (nSPS) is 22.0. The van der Waals surface area contributed by atoms with Gasteiger partial charge in [-0.2, -0.15) is 13.7 Å². The van der Waals surface area contributed by atoms with Gasteiger partial charge < -0.3 is 0 Å². The molecule has 0 bridgehead atoms. The second-order valence-corrected chi connectivity index (χ2v) is 6.64. The Morgan fingerprint density at radius 1 is 1.14 bits per heavy atom. The van der Waals surface area contributed by atoms with Gasteiger partial charge in [0.2, 0.25) is 0 Å². The summed E-state index contributed by atoms with van der Waals surface area (Å²) in [6.45, 7) is 0. The van der Waals surface area contributed by atoms with Crippen LogP contribution in [-0.2, 0) is 14.4 Å². The van der Waals surface area contributed by atoms with Crippen LogP contribution in [0.2, 0.25) is 0 Å². The summed E-state index contributed by atoms with van der Waals surface area (Å²) < 4.78 is 28.7. The van der Waals surface area contributed by atoms with Crippen LogP contribution in [0.4, 0.5) is 0 Å². The Bertz CT molecular complexity index is 633. The highest BCUT2D eigenvalue weighted by Gasteiger charge is 2.17. The van der Waals surface area contributed by atoms with Crippen molar-refractivity contribution >= 4 is 15.8 Å². The van der Waals surface area contributed by atoms with E-state index in [1.165, 1.54) is 12.1 Å². The lowest BCUT2D eigenvalue weighted by Crippen LogP contribution is -2.10. The topological polar surface area (TPSA) is 79.5 Å². The van der Waals surface area contributed by atoms with Gasteiger partial charge in [0.05, 0.1) is 11.8 Å². The molecule has 0 saturated heterocycles. The Labute approximate surface area is 125 Å². The van der Waals surface area contributed by atoms with Crippen molar-refractivity contribution in [2.24, 2.45) is 11.1 Å². The molecule has 0 heterocycles. The minimum atomic E-state index is -3.85. The maximum Gasteiger partial charge on any atom is 0.358 e. The molecule has 1 fully saturated rings. The lowest BCUT2D eigenvalue weighted by molar-refractivity contribution is 0.334. The molecule has 1 saturated carbocycles. The van der Waals surface area contributed by atoms with Gasteiger partial charge in [-0.1, -0.05) is 29.8 Å².